The lowest BCUT2D eigenvalue weighted by molar-refractivity contribution is -0.139. The smallest absolute Gasteiger partial charge is 0.264 e. The highest BCUT2D eigenvalue weighted by Crippen LogP contribution is 2.36. The van der Waals surface area contributed by atoms with Crippen LogP contribution in [-0.2, 0) is 26.2 Å². The van der Waals surface area contributed by atoms with Crippen LogP contribution in [0.25, 0.3) is 0 Å². The fourth-order valence-corrected chi connectivity index (χ4v) is 6.97. The lowest BCUT2D eigenvalue weighted by Gasteiger charge is -2.33. The molecule has 0 unspecified atom stereocenters. The number of sulfonamides is 1. The van der Waals surface area contributed by atoms with E-state index in [2.05, 4.69) is 5.32 Å². The van der Waals surface area contributed by atoms with Crippen molar-refractivity contribution in [1.82, 2.24) is 10.2 Å². The van der Waals surface area contributed by atoms with E-state index in [1.54, 1.807) is 55.5 Å². The quantitative estimate of drug-likeness (QED) is 0.253. The van der Waals surface area contributed by atoms with Gasteiger partial charge in [-0.2, -0.15) is 0 Å². The van der Waals surface area contributed by atoms with Gasteiger partial charge in [0.05, 0.1) is 34.8 Å². The fourth-order valence-electron chi connectivity index (χ4n) is 5.21. The number of amides is 2. The number of hydrogen-bond donors (Lipinski definition) is 1. The molecule has 1 atom stereocenters. The van der Waals surface area contributed by atoms with Gasteiger partial charge in [-0.3, -0.25) is 13.9 Å². The van der Waals surface area contributed by atoms with Crippen molar-refractivity contribution in [3.63, 3.8) is 0 Å². The number of carbonyl (C=O) groups is 2. The van der Waals surface area contributed by atoms with Gasteiger partial charge in [-0.1, -0.05) is 66.7 Å². The van der Waals surface area contributed by atoms with Crippen molar-refractivity contribution in [3.8, 4) is 11.5 Å². The number of nitrogens with one attached hydrogen (secondary N) is 1. The first-order valence-corrected chi connectivity index (χ1v) is 16.6. The molecular formula is C32H37Cl2N3O6S. The fraction of sp³-hybridized carbons (Fsp3) is 0.375. The molecule has 0 spiro atoms. The first-order chi connectivity index (χ1) is 21.0. The molecule has 12 heteroatoms. The molecule has 9 nitrogen and oxygen atoms in total. The minimum absolute atomic E-state index is 0.0105. The lowest BCUT2D eigenvalue weighted by Crippen LogP contribution is -2.53. The average molecular weight is 663 g/mol. The summed E-state index contributed by atoms with van der Waals surface area (Å²) in [6.07, 6.45) is 4.93. The van der Waals surface area contributed by atoms with Crippen molar-refractivity contribution in [2.75, 3.05) is 25.1 Å². The summed E-state index contributed by atoms with van der Waals surface area (Å²) in [7, 11) is -1.41. The molecule has 0 aromatic heterocycles. The lowest BCUT2D eigenvalue weighted by atomic mass is 9.95. The zero-order valence-corrected chi connectivity index (χ0v) is 27.3. The molecule has 44 heavy (non-hydrogen) atoms. The average Bonchev–Trinajstić information content (AvgIpc) is 3.04. The van der Waals surface area contributed by atoms with Crippen molar-refractivity contribution in [2.45, 2.75) is 62.6 Å². The topological polar surface area (TPSA) is 105 Å². The number of methoxy groups -OCH3 is 2. The second kappa shape index (κ2) is 15.0. The van der Waals surface area contributed by atoms with Gasteiger partial charge in [0.25, 0.3) is 10.0 Å². The van der Waals surface area contributed by atoms with E-state index < -0.39 is 28.5 Å². The second-order valence-electron chi connectivity index (χ2n) is 10.7. The zero-order chi connectivity index (χ0) is 31.9. The molecule has 0 heterocycles. The van der Waals surface area contributed by atoms with Gasteiger partial charge < -0.3 is 19.7 Å². The van der Waals surface area contributed by atoms with E-state index in [0.717, 1.165) is 36.4 Å². The Kier molecular flexibility index (Phi) is 11.4. The Balaban J connectivity index is 1.75. The molecule has 0 radical (unpaired) electrons. The van der Waals surface area contributed by atoms with E-state index >= 15 is 0 Å². The van der Waals surface area contributed by atoms with Gasteiger partial charge in [0, 0.05) is 18.7 Å². The Hall–Kier alpha value is -3.47. The number of halogens is 2. The van der Waals surface area contributed by atoms with Crippen LogP contribution in [0.2, 0.25) is 10.0 Å². The van der Waals surface area contributed by atoms with Crippen molar-refractivity contribution in [1.29, 1.82) is 0 Å². The van der Waals surface area contributed by atoms with Crippen molar-refractivity contribution in [2.24, 2.45) is 0 Å². The van der Waals surface area contributed by atoms with Crippen LogP contribution in [0.3, 0.4) is 0 Å². The van der Waals surface area contributed by atoms with Gasteiger partial charge in [-0.15, -0.1) is 0 Å². The third kappa shape index (κ3) is 7.97. The van der Waals surface area contributed by atoms with Crippen LogP contribution in [0.15, 0.2) is 71.6 Å². The summed E-state index contributed by atoms with van der Waals surface area (Å²) in [5.74, 6) is -0.333. The molecule has 0 saturated heterocycles. The zero-order valence-electron chi connectivity index (χ0n) is 25.0. The molecule has 3 aromatic rings. The molecule has 1 aliphatic rings. The van der Waals surface area contributed by atoms with Crippen molar-refractivity contribution >= 4 is 50.7 Å². The SMILES string of the molecule is COc1ccc(OC)c(N(CC(=O)N(Cc2ccc(Cl)c(Cl)c2)[C@@H](C)C(=O)NC2CCCCC2)S(=O)(=O)c2ccccc2)c1. The van der Waals surface area contributed by atoms with Crippen LogP contribution in [0.4, 0.5) is 5.69 Å². The van der Waals surface area contributed by atoms with E-state index in [1.165, 1.54) is 37.3 Å². The first-order valence-electron chi connectivity index (χ1n) is 14.4. The minimum atomic E-state index is -4.28. The molecule has 4 rings (SSSR count). The third-order valence-corrected chi connectivity index (χ3v) is 10.2. The predicted molar refractivity (Wildman–Crippen MR) is 172 cm³/mol. The van der Waals surface area contributed by atoms with Gasteiger partial charge in [0.1, 0.15) is 24.1 Å². The molecule has 3 aromatic carbocycles. The largest absolute Gasteiger partial charge is 0.497 e. The minimum Gasteiger partial charge on any atom is -0.497 e. The summed E-state index contributed by atoms with van der Waals surface area (Å²) in [6.45, 7) is 1.00. The summed E-state index contributed by atoms with van der Waals surface area (Å²) in [5, 5.41) is 3.73. The van der Waals surface area contributed by atoms with Crippen molar-refractivity contribution in [3.05, 3.63) is 82.3 Å². The monoisotopic (exact) mass is 661 g/mol. The first kappa shape index (κ1) is 33.4. The predicted octanol–water partition coefficient (Wildman–Crippen LogP) is 6.07. The summed E-state index contributed by atoms with van der Waals surface area (Å²) in [4.78, 5) is 29.1. The molecule has 1 N–H and O–H groups in total. The van der Waals surface area contributed by atoms with E-state index in [-0.39, 0.29) is 34.8 Å². The summed E-state index contributed by atoms with van der Waals surface area (Å²) < 4.78 is 40.1. The summed E-state index contributed by atoms with van der Waals surface area (Å²) in [6, 6.07) is 16.6. The third-order valence-electron chi connectivity index (χ3n) is 7.72. The maximum Gasteiger partial charge on any atom is 0.264 e. The Bertz CT molecular complexity index is 1570. The summed E-state index contributed by atoms with van der Waals surface area (Å²) >= 11 is 12.4. The molecule has 0 aliphatic heterocycles. The normalized spacial score (nSPS) is 14.4. The van der Waals surface area contributed by atoms with Gasteiger partial charge in [0.2, 0.25) is 11.8 Å². The molecule has 236 valence electrons. The number of hydrogen-bond acceptors (Lipinski definition) is 6. The maximum absolute atomic E-state index is 14.3. The Morgan fingerprint density at radius 3 is 2.27 bits per heavy atom. The van der Waals surface area contributed by atoms with Crippen molar-refractivity contribution < 1.29 is 27.5 Å². The number of carbonyl (C=O) groups excluding carboxylic acids is 2. The van der Waals surface area contributed by atoms with Crippen LogP contribution in [0.5, 0.6) is 11.5 Å². The highest BCUT2D eigenvalue weighted by atomic mass is 35.5. The Morgan fingerprint density at radius 2 is 1.64 bits per heavy atom. The maximum atomic E-state index is 14.3. The summed E-state index contributed by atoms with van der Waals surface area (Å²) in [5.41, 5.74) is 0.736. The molecule has 2 amide bonds. The number of anilines is 1. The number of ether oxygens (including phenoxy) is 2. The van der Waals surface area contributed by atoms with E-state index in [1.807, 2.05) is 0 Å². The second-order valence-corrected chi connectivity index (χ2v) is 13.3. The number of nitrogens with zero attached hydrogens (tertiary/aromatic N) is 2. The Morgan fingerprint density at radius 1 is 0.932 bits per heavy atom. The molecule has 1 fully saturated rings. The van der Waals surface area contributed by atoms with Crippen LogP contribution in [0.1, 0.15) is 44.6 Å². The van der Waals surface area contributed by atoms with Crippen LogP contribution < -0.4 is 19.1 Å². The van der Waals surface area contributed by atoms with Gasteiger partial charge in [-0.05, 0) is 61.7 Å². The van der Waals surface area contributed by atoms with E-state index in [0.29, 0.717) is 21.4 Å². The van der Waals surface area contributed by atoms with Crippen LogP contribution in [0, 0.1) is 0 Å². The number of rotatable bonds is 12. The highest BCUT2D eigenvalue weighted by molar-refractivity contribution is 7.92. The Labute approximate surface area is 269 Å². The highest BCUT2D eigenvalue weighted by Gasteiger charge is 2.34. The van der Waals surface area contributed by atoms with Gasteiger partial charge >= 0.3 is 0 Å². The molecule has 1 saturated carbocycles. The molecule has 0 bridgehead atoms. The van der Waals surface area contributed by atoms with E-state index in [4.69, 9.17) is 32.7 Å². The molecule has 1 aliphatic carbocycles. The standard InChI is InChI=1S/C32H37Cl2N3O6S/c1-22(32(39)35-24-10-6-4-7-11-24)36(20-23-14-16-27(33)28(34)18-23)31(38)21-37(44(40,41)26-12-8-5-9-13-26)29-19-25(42-2)15-17-30(29)43-3/h5,8-9,12-19,22,24H,4,6-7,10-11,20-21H2,1-3H3,(H,35,39)/t22-/m0/s1. The van der Waals surface area contributed by atoms with Gasteiger partial charge in [0.15, 0.2) is 0 Å². The van der Waals surface area contributed by atoms with Crippen LogP contribution >= 0.6 is 23.2 Å². The van der Waals surface area contributed by atoms with E-state index in [9.17, 15) is 18.0 Å². The molecular weight excluding hydrogens is 625 g/mol. The number of benzene rings is 3. The van der Waals surface area contributed by atoms with Crippen LogP contribution in [-0.4, -0.2) is 58.0 Å². The van der Waals surface area contributed by atoms with Gasteiger partial charge in [-0.25, -0.2) is 8.42 Å².